The zero-order chi connectivity index (χ0) is 20.8. The topological polar surface area (TPSA) is 66.7 Å². The molecule has 154 valence electrons. The van der Waals surface area contributed by atoms with E-state index in [4.69, 9.17) is 4.42 Å². The molecule has 0 atom stereocenters. The summed E-state index contributed by atoms with van der Waals surface area (Å²) in [6.45, 7) is 2.22. The van der Waals surface area contributed by atoms with Gasteiger partial charge in [-0.15, -0.1) is 11.8 Å². The van der Waals surface area contributed by atoms with E-state index in [-0.39, 0.29) is 11.8 Å². The maximum Gasteiger partial charge on any atom is 0.289 e. The van der Waals surface area contributed by atoms with Gasteiger partial charge in [-0.05, 0) is 36.8 Å². The number of furan rings is 1. The van der Waals surface area contributed by atoms with Crippen LogP contribution in [0.2, 0.25) is 0 Å². The summed E-state index contributed by atoms with van der Waals surface area (Å²) in [5.41, 5.74) is 1.51. The summed E-state index contributed by atoms with van der Waals surface area (Å²) >= 11 is 1.67. The van der Waals surface area contributed by atoms with Gasteiger partial charge in [0.05, 0.1) is 6.26 Å². The number of amides is 2. The summed E-state index contributed by atoms with van der Waals surface area (Å²) < 4.78 is 5.56. The summed E-state index contributed by atoms with van der Waals surface area (Å²) in [5, 5.41) is 0. The number of nitrogens with zero attached hydrogens (tertiary/aromatic N) is 3. The van der Waals surface area contributed by atoms with Crippen LogP contribution >= 0.6 is 11.8 Å². The molecule has 0 N–H and O–H groups in total. The maximum atomic E-state index is 13.1. The van der Waals surface area contributed by atoms with Crippen LogP contribution in [-0.2, 0) is 5.75 Å². The minimum Gasteiger partial charge on any atom is -0.459 e. The molecular formula is C23H23N3O3S. The summed E-state index contributed by atoms with van der Waals surface area (Å²) in [4.78, 5) is 34.5. The van der Waals surface area contributed by atoms with Crippen LogP contribution < -0.4 is 0 Å². The van der Waals surface area contributed by atoms with Gasteiger partial charge in [-0.1, -0.05) is 18.2 Å². The van der Waals surface area contributed by atoms with Crippen LogP contribution in [0.4, 0.5) is 0 Å². The lowest BCUT2D eigenvalue weighted by Crippen LogP contribution is -2.37. The fraction of sp³-hybridized carbons (Fsp3) is 0.261. The smallest absolute Gasteiger partial charge is 0.289 e. The number of aromatic nitrogens is 1. The first-order chi connectivity index (χ1) is 14.7. The van der Waals surface area contributed by atoms with Crippen molar-refractivity contribution in [3.05, 3.63) is 84.1 Å². The van der Waals surface area contributed by atoms with Crippen molar-refractivity contribution in [2.45, 2.75) is 17.1 Å². The Morgan fingerprint density at radius 2 is 1.60 bits per heavy atom. The highest BCUT2D eigenvalue weighted by Crippen LogP contribution is 2.26. The van der Waals surface area contributed by atoms with Crippen molar-refractivity contribution in [3.8, 4) is 0 Å². The first-order valence-corrected chi connectivity index (χ1v) is 10.9. The van der Waals surface area contributed by atoms with Crippen LogP contribution in [0.3, 0.4) is 0 Å². The second-order valence-electron chi connectivity index (χ2n) is 7.05. The molecule has 2 amide bonds. The van der Waals surface area contributed by atoms with Crippen molar-refractivity contribution >= 4 is 23.6 Å². The van der Waals surface area contributed by atoms with Crippen molar-refractivity contribution in [3.63, 3.8) is 0 Å². The number of hydrogen-bond donors (Lipinski definition) is 0. The predicted molar refractivity (Wildman–Crippen MR) is 115 cm³/mol. The number of hydrogen-bond acceptors (Lipinski definition) is 5. The lowest BCUT2D eigenvalue weighted by atomic mass is 10.2. The molecule has 0 aliphatic carbocycles. The van der Waals surface area contributed by atoms with Gasteiger partial charge < -0.3 is 14.2 Å². The summed E-state index contributed by atoms with van der Waals surface area (Å²) in [6, 6.07) is 15.4. The highest BCUT2D eigenvalue weighted by molar-refractivity contribution is 7.98. The Balaban J connectivity index is 1.39. The normalized spacial score (nSPS) is 14.4. The Labute approximate surface area is 179 Å². The summed E-state index contributed by atoms with van der Waals surface area (Å²) in [6.07, 6.45) is 5.54. The fourth-order valence-electron chi connectivity index (χ4n) is 3.46. The van der Waals surface area contributed by atoms with Crippen LogP contribution in [0.1, 0.15) is 32.9 Å². The molecule has 6 nitrogen and oxygen atoms in total. The van der Waals surface area contributed by atoms with Gasteiger partial charge in [0.25, 0.3) is 11.8 Å². The molecule has 0 bridgehead atoms. The summed E-state index contributed by atoms with van der Waals surface area (Å²) in [7, 11) is 0. The SMILES string of the molecule is O=C(c1ccncc1)N1CCCN(C(=O)c2occc2CSc2ccccc2)CC1. The predicted octanol–water partition coefficient (Wildman–Crippen LogP) is 3.96. The molecule has 4 rings (SSSR count). The first-order valence-electron chi connectivity index (χ1n) is 9.95. The maximum absolute atomic E-state index is 13.1. The van der Waals surface area contributed by atoms with E-state index in [1.54, 1.807) is 52.4 Å². The van der Waals surface area contributed by atoms with E-state index in [2.05, 4.69) is 17.1 Å². The third-order valence-electron chi connectivity index (χ3n) is 5.08. The number of rotatable bonds is 5. The van der Waals surface area contributed by atoms with Gasteiger partial charge in [0.15, 0.2) is 5.76 Å². The molecule has 0 unspecified atom stereocenters. The Kier molecular flexibility index (Phi) is 6.49. The van der Waals surface area contributed by atoms with Crippen molar-refractivity contribution in [1.29, 1.82) is 0 Å². The van der Waals surface area contributed by atoms with E-state index in [0.717, 1.165) is 16.9 Å². The van der Waals surface area contributed by atoms with Crippen LogP contribution in [0, 0.1) is 0 Å². The van der Waals surface area contributed by atoms with E-state index >= 15 is 0 Å². The van der Waals surface area contributed by atoms with Gasteiger partial charge in [0.2, 0.25) is 0 Å². The number of pyridine rings is 1. The van der Waals surface area contributed by atoms with Gasteiger partial charge in [-0.3, -0.25) is 14.6 Å². The lowest BCUT2D eigenvalue weighted by Gasteiger charge is -2.22. The summed E-state index contributed by atoms with van der Waals surface area (Å²) in [5.74, 6) is 0.932. The van der Waals surface area contributed by atoms with Crippen molar-refractivity contribution in [1.82, 2.24) is 14.8 Å². The molecule has 7 heteroatoms. The van der Waals surface area contributed by atoms with Crippen molar-refractivity contribution < 1.29 is 14.0 Å². The Bertz CT molecular complexity index is 991. The first kappa shape index (κ1) is 20.2. The third-order valence-corrected chi connectivity index (χ3v) is 6.14. The Morgan fingerprint density at radius 1 is 0.900 bits per heavy atom. The quantitative estimate of drug-likeness (QED) is 0.584. The third kappa shape index (κ3) is 4.74. The minimum absolute atomic E-state index is 0.0235. The largest absolute Gasteiger partial charge is 0.459 e. The van der Waals surface area contributed by atoms with Gasteiger partial charge in [0.1, 0.15) is 0 Å². The van der Waals surface area contributed by atoms with E-state index in [0.29, 0.717) is 43.3 Å². The standard InChI is InChI=1S/C23H23N3O3S/c27-22(18-7-10-24-11-8-18)25-12-4-13-26(15-14-25)23(28)21-19(9-16-29-21)17-30-20-5-2-1-3-6-20/h1-3,5-11,16H,4,12-15,17H2. The lowest BCUT2D eigenvalue weighted by molar-refractivity contribution is 0.0699. The minimum atomic E-state index is -0.109. The van der Waals surface area contributed by atoms with E-state index in [1.807, 2.05) is 24.3 Å². The molecule has 1 aromatic carbocycles. The van der Waals surface area contributed by atoms with Crippen molar-refractivity contribution in [2.24, 2.45) is 0 Å². The molecule has 0 saturated carbocycles. The number of carbonyl (C=O) groups excluding carboxylic acids is 2. The average molecular weight is 422 g/mol. The van der Waals surface area contributed by atoms with Crippen LogP contribution in [0.5, 0.6) is 0 Å². The molecule has 0 radical (unpaired) electrons. The Hall–Kier alpha value is -3.06. The zero-order valence-electron chi connectivity index (χ0n) is 16.6. The monoisotopic (exact) mass is 421 g/mol. The molecule has 3 heterocycles. The van der Waals surface area contributed by atoms with Crippen LogP contribution in [-0.4, -0.2) is 52.8 Å². The van der Waals surface area contributed by atoms with Gasteiger partial charge in [-0.25, -0.2) is 0 Å². The van der Waals surface area contributed by atoms with E-state index in [1.165, 1.54) is 0 Å². The highest BCUT2D eigenvalue weighted by Gasteiger charge is 2.26. The average Bonchev–Trinajstić information content (AvgIpc) is 3.13. The molecule has 1 fully saturated rings. The van der Waals surface area contributed by atoms with Crippen LogP contribution in [0.15, 0.2) is 76.5 Å². The molecular weight excluding hydrogens is 398 g/mol. The zero-order valence-corrected chi connectivity index (χ0v) is 17.4. The van der Waals surface area contributed by atoms with Gasteiger partial charge in [0, 0.05) is 60.3 Å². The second-order valence-corrected chi connectivity index (χ2v) is 8.10. The molecule has 30 heavy (non-hydrogen) atoms. The van der Waals surface area contributed by atoms with Gasteiger partial charge in [-0.2, -0.15) is 0 Å². The van der Waals surface area contributed by atoms with Crippen molar-refractivity contribution in [2.75, 3.05) is 26.2 Å². The highest BCUT2D eigenvalue weighted by atomic mass is 32.2. The molecule has 1 aliphatic rings. The van der Waals surface area contributed by atoms with Gasteiger partial charge >= 0.3 is 0 Å². The van der Waals surface area contributed by atoms with Crippen LogP contribution in [0.25, 0.3) is 0 Å². The second kappa shape index (κ2) is 9.63. The number of thioether (sulfide) groups is 1. The Morgan fingerprint density at radius 3 is 2.33 bits per heavy atom. The molecule has 1 saturated heterocycles. The molecule has 1 aliphatic heterocycles. The van der Waals surface area contributed by atoms with E-state index in [9.17, 15) is 9.59 Å². The molecule has 3 aromatic rings. The molecule has 2 aromatic heterocycles. The fourth-order valence-corrected chi connectivity index (χ4v) is 4.36. The number of carbonyl (C=O) groups is 2. The van der Waals surface area contributed by atoms with E-state index < -0.39 is 0 Å². The number of benzene rings is 1. The molecule has 0 spiro atoms.